The molecule has 0 spiro atoms. The van der Waals surface area contributed by atoms with E-state index in [0.717, 1.165) is 50.7 Å². The van der Waals surface area contributed by atoms with Crippen LogP contribution in [0.2, 0.25) is 0 Å². The van der Waals surface area contributed by atoms with Gasteiger partial charge < -0.3 is 14.8 Å². The Morgan fingerprint density at radius 1 is 1.15 bits per heavy atom. The van der Waals surface area contributed by atoms with Crippen molar-refractivity contribution >= 4 is 0 Å². The van der Waals surface area contributed by atoms with Crippen LogP contribution in [0.25, 0.3) is 0 Å². The highest BCUT2D eigenvalue weighted by atomic mass is 16.5. The third kappa shape index (κ3) is 6.07. The first-order chi connectivity index (χ1) is 13.2. The molecule has 1 fully saturated rings. The van der Waals surface area contributed by atoms with Gasteiger partial charge in [0, 0.05) is 32.2 Å². The molecule has 0 radical (unpaired) electrons. The molecule has 1 aliphatic rings. The monoisotopic (exact) mass is 365 g/mol. The Kier molecular flexibility index (Phi) is 7.23. The molecule has 1 atom stereocenters. The summed E-state index contributed by atoms with van der Waals surface area (Å²) in [4.78, 5) is 2.46. The van der Waals surface area contributed by atoms with E-state index in [1.807, 2.05) is 30.3 Å². The number of hydrogen-bond donors (Lipinski definition) is 1. The van der Waals surface area contributed by atoms with Crippen molar-refractivity contribution in [2.24, 2.45) is 0 Å². The van der Waals surface area contributed by atoms with Crippen LogP contribution in [-0.2, 0) is 17.9 Å². The van der Waals surface area contributed by atoms with Crippen molar-refractivity contribution in [1.82, 2.24) is 10.2 Å². The number of benzene rings is 2. The third-order valence-electron chi connectivity index (χ3n) is 4.80. The number of nitrogens with zero attached hydrogens (tertiary/aromatic N) is 2. The molecule has 0 aliphatic carbocycles. The maximum atomic E-state index is 8.98. The summed E-state index contributed by atoms with van der Waals surface area (Å²) in [5.41, 5.74) is 2.85. The normalized spacial score (nSPS) is 15.9. The van der Waals surface area contributed by atoms with Gasteiger partial charge in [-0.3, -0.25) is 4.90 Å². The SMILES string of the molecule is CC(CNCc1cccc(OCc2cccc(C#N)c2)c1)N1CCOCC1. The van der Waals surface area contributed by atoms with Gasteiger partial charge in [-0.2, -0.15) is 5.26 Å². The van der Waals surface area contributed by atoms with Gasteiger partial charge in [-0.25, -0.2) is 0 Å². The van der Waals surface area contributed by atoms with E-state index in [0.29, 0.717) is 18.2 Å². The summed E-state index contributed by atoms with van der Waals surface area (Å²) >= 11 is 0. The molecular formula is C22H27N3O2. The minimum atomic E-state index is 0.459. The Labute approximate surface area is 161 Å². The molecule has 1 N–H and O–H groups in total. The summed E-state index contributed by atoms with van der Waals surface area (Å²) in [5.74, 6) is 0.845. The van der Waals surface area contributed by atoms with Gasteiger partial charge in [0.15, 0.2) is 0 Å². The fourth-order valence-electron chi connectivity index (χ4n) is 3.22. The van der Waals surface area contributed by atoms with Crippen molar-refractivity contribution < 1.29 is 9.47 Å². The van der Waals surface area contributed by atoms with E-state index >= 15 is 0 Å². The van der Waals surface area contributed by atoms with E-state index in [2.05, 4.69) is 35.3 Å². The minimum absolute atomic E-state index is 0.459. The Balaban J connectivity index is 1.46. The summed E-state index contributed by atoms with van der Waals surface area (Å²) in [6, 6.07) is 18.3. The van der Waals surface area contributed by atoms with Crippen molar-refractivity contribution in [3.05, 3.63) is 65.2 Å². The van der Waals surface area contributed by atoms with Gasteiger partial charge in [-0.15, -0.1) is 0 Å². The van der Waals surface area contributed by atoms with Crippen molar-refractivity contribution in [1.29, 1.82) is 5.26 Å². The summed E-state index contributed by atoms with van der Waals surface area (Å²) in [5, 5.41) is 12.5. The lowest BCUT2D eigenvalue weighted by Gasteiger charge is -2.32. The summed E-state index contributed by atoms with van der Waals surface area (Å²) in [6.07, 6.45) is 0. The number of nitrogens with one attached hydrogen (secondary N) is 1. The smallest absolute Gasteiger partial charge is 0.120 e. The van der Waals surface area contributed by atoms with Crippen molar-refractivity contribution in [3.8, 4) is 11.8 Å². The second-order valence-corrected chi connectivity index (χ2v) is 6.88. The molecule has 5 nitrogen and oxygen atoms in total. The molecule has 142 valence electrons. The molecule has 0 amide bonds. The van der Waals surface area contributed by atoms with E-state index in [-0.39, 0.29) is 0 Å². The number of rotatable bonds is 8. The van der Waals surface area contributed by atoms with Crippen LogP contribution in [-0.4, -0.2) is 43.8 Å². The van der Waals surface area contributed by atoms with E-state index < -0.39 is 0 Å². The fraction of sp³-hybridized carbons (Fsp3) is 0.409. The fourth-order valence-corrected chi connectivity index (χ4v) is 3.22. The Bertz CT molecular complexity index is 766. The highest BCUT2D eigenvalue weighted by Crippen LogP contribution is 2.16. The lowest BCUT2D eigenvalue weighted by Crippen LogP contribution is -2.46. The van der Waals surface area contributed by atoms with Crippen LogP contribution in [0.5, 0.6) is 5.75 Å². The van der Waals surface area contributed by atoms with Crippen LogP contribution in [0.3, 0.4) is 0 Å². The van der Waals surface area contributed by atoms with Gasteiger partial charge in [0.2, 0.25) is 0 Å². The molecule has 1 unspecified atom stereocenters. The number of ether oxygens (including phenoxy) is 2. The third-order valence-corrected chi connectivity index (χ3v) is 4.80. The van der Waals surface area contributed by atoms with Crippen LogP contribution in [0.15, 0.2) is 48.5 Å². The summed E-state index contributed by atoms with van der Waals surface area (Å²) in [7, 11) is 0. The second-order valence-electron chi connectivity index (χ2n) is 6.88. The van der Waals surface area contributed by atoms with E-state index in [9.17, 15) is 0 Å². The first-order valence-electron chi connectivity index (χ1n) is 9.48. The highest BCUT2D eigenvalue weighted by Gasteiger charge is 2.16. The molecule has 2 aromatic rings. The maximum Gasteiger partial charge on any atom is 0.120 e. The van der Waals surface area contributed by atoms with E-state index in [1.54, 1.807) is 6.07 Å². The van der Waals surface area contributed by atoms with Gasteiger partial charge in [0.05, 0.1) is 24.8 Å². The summed E-state index contributed by atoms with van der Waals surface area (Å²) < 4.78 is 11.3. The quantitative estimate of drug-likeness (QED) is 0.779. The molecule has 3 rings (SSSR count). The van der Waals surface area contributed by atoms with Gasteiger partial charge in [-0.1, -0.05) is 24.3 Å². The first-order valence-corrected chi connectivity index (χ1v) is 9.48. The largest absolute Gasteiger partial charge is 0.489 e. The van der Waals surface area contributed by atoms with Crippen LogP contribution in [0, 0.1) is 11.3 Å². The number of hydrogen-bond acceptors (Lipinski definition) is 5. The predicted molar refractivity (Wildman–Crippen MR) is 105 cm³/mol. The molecule has 5 heteroatoms. The molecule has 1 saturated heterocycles. The van der Waals surface area contributed by atoms with Crippen LogP contribution in [0.1, 0.15) is 23.6 Å². The van der Waals surface area contributed by atoms with E-state index in [1.165, 1.54) is 5.56 Å². The summed E-state index contributed by atoms with van der Waals surface area (Å²) in [6.45, 7) is 8.18. The standard InChI is InChI=1S/C22H27N3O2/c1-18(25-8-10-26-11-9-25)15-24-16-20-5-3-7-22(13-20)27-17-21-6-2-4-19(12-21)14-23/h2-7,12-13,18,24H,8-11,15-17H2,1H3. The van der Waals surface area contributed by atoms with Gasteiger partial charge in [0.25, 0.3) is 0 Å². The zero-order chi connectivity index (χ0) is 18.9. The maximum absolute atomic E-state index is 8.98. The number of morpholine rings is 1. The average Bonchev–Trinajstić information content (AvgIpc) is 2.73. The van der Waals surface area contributed by atoms with Crippen LogP contribution < -0.4 is 10.1 Å². The van der Waals surface area contributed by atoms with Crippen molar-refractivity contribution in [2.45, 2.75) is 26.1 Å². The molecule has 27 heavy (non-hydrogen) atoms. The topological polar surface area (TPSA) is 57.5 Å². The molecule has 1 heterocycles. The van der Waals surface area contributed by atoms with Gasteiger partial charge in [-0.05, 0) is 42.3 Å². The lowest BCUT2D eigenvalue weighted by molar-refractivity contribution is 0.0203. The Hall–Kier alpha value is -2.39. The molecule has 0 aromatic heterocycles. The zero-order valence-corrected chi connectivity index (χ0v) is 15.9. The second kappa shape index (κ2) is 10.1. The Morgan fingerprint density at radius 3 is 2.74 bits per heavy atom. The zero-order valence-electron chi connectivity index (χ0n) is 15.9. The highest BCUT2D eigenvalue weighted by molar-refractivity contribution is 5.33. The van der Waals surface area contributed by atoms with Crippen LogP contribution >= 0.6 is 0 Å². The minimum Gasteiger partial charge on any atom is -0.489 e. The van der Waals surface area contributed by atoms with Gasteiger partial charge >= 0.3 is 0 Å². The van der Waals surface area contributed by atoms with Crippen LogP contribution in [0.4, 0.5) is 0 Å². The predicted octanol–water partition coefficient (Wildman–Crippen LogP) is 2.95. The van der Waals surface area contributed by atoms with E-state index in [4.69, 9.17) is 14.7 Å². The van der Waals surface area contributed by atoms with Crippen molar-refractivity contribution in [2.75, 3.05) is 32.8 Å². The van der Waals surface area contributed by atoms with Gasteiger partial charge in [0.1, 0.15) is 12.4 Å². The molecule has 0 bridgehead atoms. The first kappa shape index (κ1) is 19.4. The average molecular weight is 365 g/mol. The van der Waals surface area contributed by atoms with Crippen molar-refractivity contribution in [3.63, 3.8) is 0 Å². The number of nitriles is 1. The molecule has 2 aromatic carbocycles. The molecular weight excluding hydrogens is 338 g/mol. The lowest BCUT2D eigenvalue weighted by atomic mass is 10.1. The molecule has 1 aliphatic heterocycles. The molecule has 0 saturated carbocycles. The Morgan fingerprint density at radius 2 is 1.93 bits per heavy atom.